The van der Waals surface area contributed by atoms with Gasteiger partial charge in [-0.3, -0.25) is 4.79 Å². The summed E-state index contributed by atoms with van der Waals surface area (Å²) in [6.07, 6.45) is 0. The van der Waals surface area contributed by atoms with Gasteiger partial charge >= 0.3 is 0 Å². The Hall–Kier alpha value is -1.71. The standard InChI is InChI=1S/C17H16Cl2FN3O3S/c18-14-3-1-2-4-16(14)21-17(24)11-23-8-7-22(27(23,25)26)10-12-5-6-13(20)9-15(12)19/h1-6,9H,7-8,10-11H2,(H,21,24). The number of benzene rings is 2. The van der Waals surface area contributed by atoms with Gasteiger partial charge in [-0.15, -0.1) is 0 Å². The van der Waals surface area contributed by atoms with E-state index in [1.165, 1.54) is 16.4 Å². The van der Waals surface area contributed by atoms with Gasteiger partial charge in [0.05, 0.1) is 17.3 Å². The Morgan fingerprint density at radius 3 is 2.48 bits per heavy atom. The zero-order chi connectivity index (χ0) is 19.6. The Bertz CT molecular complexity index is 972. The number of hydrogen-bond acceptors (Lipinski definition) is 3. The number of nitrogens with zero attached hydrogens (tertiary/aromatic N) is 2. The first-order chi connectivity index (χ1) is 12.8. The van der Waals surface area contributed by atoms with Crippen molar-refractivity contribution in [2.75, 3.05) is 25.0 Å². The van der Waals surface area contributed by atoms with E-state index in [1.807, 2.05) is 0 Å². The first kappa shape index (κ1) is 20.0. The number of carbonyl (C=O) groups excluding carboxylic acids is 1. The predicted molar refractivity (Wildman–Crippen MR) is 102 cm³/mol. The molecule has 1 saturated heterocycles. The molecule has 6 nitrogen and oxygen atoms in total. The van der Waals surface area contributed by atoms with Crippen LogP contribution in [0.3, 0.4) is 0 Å². The van der Waals surface area contributed by atoms with Crippen LogP contribution in [0.25, 0.3) is 0 Å². The van der Waals surface area contributed by atoms with Crippen molar-refractivity contribution < 1.29 is 17.6 Å². The molecule has 144 valence electrons. The molecule has 1 heterocycles. The van der Waals surface area contributed by atoms with Crippen LogP contribution in [0.4, 0.5) is 10.1 Å². The lowest BCUT2D eigenvalue weighted by Gasteiger charge is -2.19. The Morgan fingerprint density at radius 1 is 1.07 bits per heavy atom. The van der Waals surface area contributed by atoms with Crippen LogP contribution < -0.4 is 5.32 Å². The molecule has 0 bridgehead atoms. The van der Waals surface area contributed by atoms with Crippen molar-refractivity contribution in [3.63, 3.8) is 0 Å². The lowest BCUT2D eigenvalue weighted by atomic mass is 10.2. The maximum absolute atomic E-state index is 13.1. The Morgan fingerprint density at radius 2 is 1.78 bits per heavy atom. The number of halogens is 3. The smallest absolute Gasteiger partial charge is 0.282 e. The molecule has 1 amide bonds. The van der Waals surface area contributed by atoms with Gasteiger partial charge in [-0.1, -0.05) is 41.4 Å². The van der Waals surface area contributed by atoms with E-state index in [-0.39, 0.29) is 31.2 Å². The van der Waals surface area contributed by atoms with Crippen LogP contribution in [0.2, 0.25) is 10.0 Å². The van der Waals surface area contributed by atoms with Gasteiger partial charge in [0.1, 0.15) is 5.82 Å². The highest BCUT2D eigenvalue weighted by atomic mass is 35.5. The molecular formula is C17H16Cl2FN3O3S. The highest BCUT2D eigenvalue weighted by Crippen LogP contribution is 2.25. The summed E-state index contributed by atoms with van der Waals surface area (Å²) in [4.78, 5) is 12.2. The molecule has 0 aromatic heterocycles. The fourth-order valence-electron chi connectivity index (χ4n) is 2.69. The predicted octanol–water partition coefficient (Wildman–Crippen LogP) is 3.13. The highest BCUT2D eigenvalue weighted by Gasteiger charge is 2.37. The average Bonchev–Trinajstić information content (AvgIpc) is 2.87. The molecule has 10 heteroatoms. The minimum absolute atomic E-state index is 0.00405. The molecule has 1 fully saturated rings. The topological polar surface area (TPSA) is 69.7 Å². The number of carbonyl (C=O) groups is 1. The largest absolute Gasteiger partial charge is 0.324 e. The van der Waals surface area contributed by atoms with Crippen LogP contribution >= 0.6 is 23.2 Å². The van der Waals surface area contributed by atoms with Crippen LogP contribution in [0.5, 0.6) is 0 Å². The summed E-state index contributed by atoms with van der Waals surface area (Å²) in [5, 5.41) is 3.11. The van der Waals surface area contributed by atoms with Gasteiger partial charge in [0, 0.05) is 24.7 Å². The van der Waals surface area contributed by atoms with Gasteiger partial charge in [-0.2, -0.15) is 17.0 Å². The van der Waals surface area contributed by atoms with E-state index in [0.717, 1.165) is 10.4 Å². The molecule has 0 spiro atoms. The second-order valence-corrected chi connectivity index (χ2v) is 8.68. The second-order valence-electron chi connectivity index (χ2n) is 5.94. The number of anilines is 1. The molecule has 0 aliphatic carbocycles. The van der Waals surface area contributed by atoms with Gasteiger partial charge < -0.3 is 5.32 Å². The van der Waals surface area contributed by atoms with Crippen molar-refractivity contribution in [2.45, 2.75) is 6.54 Å². The number of nitrogens with one attached hydrogen (secondary N) is 1. The summed E-state index contributed by atoms with van der Waals surface area (Å²) >= 11 is 12.0. The van der Waals surface area contributed by atoms with Crippen molar-refractivity contribution in [3.8, 4) is 0 Å². The maximum Gasteiger partial charge on any atom is 0.282 e. The maximum atomic E-state index is 13.1. The van der Waals surface area contributed by atoms with Crippen LogP contribution in [0, 0.1) is 5.82 Å². The summed E-state index contributed by atoms with van der Waals surface area (Å²) in [7, 11) is -3.83. The number of amides is 1. The minimum Gasteiger partial charge on any atom is -0.324 e. The van der Waals surface area contributed by atoms with E-state index >= 15 is 0 Å². The number of hydrogen-bond donors (Lipinski definition) is 1. The third-order valence-corrected chi connectivity index (χ3v) is 6.69. The lowest BCUT2D eigenvalue weighted by Crippen LogP contribution is -2.37. The molecule has 2 aromatic carbocycles. The quantitative estimate of drug-likeness (QED) is 0.790. The van der Waals surface area contributed by atoms with Gasteiger partial charge in [-0.25, -0.2) is 4.39 Å². The molecule has 0 unspecified atom stereocenters. The van der Waals surface area contributed by atoms with E-state index < -0.39 is 21.9 Å². The van der Waals surface area contributed by atoms with Crippen molar-refractivity contribution in [1.82, 2.24) is 8.61 Å². The number of rotatable bonds is 5. The molecule has 2 aromatic rings. The van der Waals surface area contributed by atoms with E-state index in [9.17, 15) is 17.6 Å². The summed E-state index contributed by atoms with van der Waals surface area (Å²) in [5.41, 5.74) is 0.903. The van der Waals surface area contributed by atoms with E-state index in [2.05, 4.69) is 5.32 Å². The van der Waals surface area contributed by atoms with Gasteiger partial charge in [0.25, 0.3) is 10.2 Å². The van der Waals surface area contributed by atoms with Gasteiger partial charge in [0.2, 0.25) is 5.91 Å². The van der Waals surface area contributed by atoms with E-state index in [1.54, 1.807) is 24.3 Å². The van der Waals surface area contributed by atoms with Crippen molar-refractivity contribution in [1.29, 1.82) is 0 Å². The summed E-state index contributed by atoms with van der Waals surface area (Å²) < 4.78 is 40.7. The first-order valence-corrected chi connectivity index (χ1v) is 10.2. The summed E-state index contributed by atoms with van der Waals surface area (Å²) in [5.74, 6) is -0.987. The molecule has 0 saturated carbocycles. The zero-order valence-electron chi connectivity index (χ0n) is 14.0. The fourth-order valence-corrected chi connectivity index (χ4v) is 4.63. The monoisotopic (exact) mass is 431 g/mol. The molecule has 1 aliphatic heterocycles. The van der Waals surface area contributed by atoms with Crippen LogP contribution in [0.15, 0.2) is 42.5 Å². The normalized spacial score (nSPS) is 17.1. The van der Waals surface area contributed by atoms with Crippen molar-refractivity contribution in [2.24, 2.45) is 0 Å². The lowest BCUT2D eigenvalue weighted by molar-refractivity contribution is -0.116. The number of para-hydroxylation sites is 1. The Kier molecular flexibility index (Phi) is 6.02. The van der Waals surface area contributed by atoms with Gasteiger partial charge in [-0.05, 0) is 29.8 Å². The first-order valence-electron chi connectivity index (χ1n) is 8.01. The second kappa shape index (κ2) is 8.12. The average molecular weight is 432 g/mol. The fraction of sp³-hybridized carbons (Fsp3) is 0.235. The molecule has 0 atom stereocenters. The molecule has 27 heavy (non-hydrogen) atoms. The van der Waals surface area contributed by atoms with E-state index in [0.29, 0.717) is 16.3 Å². The SMILES string of the molecule is O=C(CN1CCN(Cc2ccc(F)cc2Cl)S1(=O)=O)Nc1ccccc1Cl. The van der Waals surface area contributed by atoms with Crippen molar-refractivity contribution in [3.05, 3.63) is 63.9 Å². The third kappa shape index (κ3) is 4.59. The molecule has 1 N–H and O–H groups in total. The molecule has 0 radical (unpaired) electrons. The van der Waals surface area contributed by atoms with Crippen LogP contribution in [-0.4, -0.2) is 42.6 Å². The summed E-state index contributed by atoms with van der Waals surface area (Å²) in [6, 6.07) is 10.5. The van der Waals surface area contributed by atoms with E-state index in [4.69, 9.17) is 23.2 Å². The molecule has 1 aliphatic rings. The summed E-state index contributed by atoms with van der Waals surface area (Å²) in [6.45, 7) is 0.0395. The molecular weight excluding hydrogens is 416 g/mol. The van der Waals surface area contributed by atoms with Gasteiger partial charge in [0.15, 0.2) is 0 Å². The minimum atomic E-state index is -3.83. The van der Waals surface area contributed by atoms with Crippen LogP contribution in [0.1, 0.15) is 5.56 Å². The zero-order valence-corrected chi connectivity index (χ0v) is 16.4. The van der Waals surface area contributed by atoms with Crippen molar-refractivity contribution >= 4 is 45.0 Å². The Balaban J connectivity index is 1.66. The molecule has 3 rings (SSSR count). The van der Waals surface area contributed by atoms with Crippen LogP contribution in [-0.2, 0) is 21.5 Å². The Labute approximate surface area is 166 Å². The third-order valence-electron chi connectivity index (χ3n) is 4.08. The highest BCUT2D eigenvalue weighted by molar-refractivity contribution is 7.87.